The van der Waals surface area contributed by atoms with Gasteiger partial charge in [-0.25, -0.2) is 9.97 Å². The van der Waals surface area contributed by atoms with Crippen molar-refractivity contribution in [3.05, 3.63) is 11.9 Å². The van der Waals surface area contributed by atoms with Gasteiger partial charge in [0.1, 0.15) is 18.2 Å². The predicted molar refractivity (Wildman–Crippen MR) is 87.1 cm³/mol. The second-order valence-corrected chi connectivity index (χ2v) is 5.55. The van der Waals surface area contributed by atoms with Crippen LogP contribution in [-0.4, -0.2) is 35.1 Å². The molecule has 1 aromatic heterocycles. The molecule has 0 aliphatic rings. The summed E-state index contributed by atoms with van der Waals surface area (Å²) in [5.41, 5.74) is 5.77. The zero-order chi connectivity index (χ0) is 14.6. The maximum atomic E-state index is 5.77. The van der Waals surface area contributed by atoms with Crippen molar-refractivity contribution in [3.8, 4) is 0 Å². The average molecular weight is 298 g/mol. The zero-order valence-corrected chi connectivity index (χ0v) is 13.3. The summed E-state index contributed by atoms with van der Waals surface area (Å²) in [5, 5.41) is 3.30. The minimum atomic E-state index is 0.408. The van der Waals surface area contributed by atoms with E-state index in [0.717, 1.165) is 18.8 Å². The van der Waals surface area contributed by atoms with Crippen molar-refractivity contribution in [3.63, 3.8) is 0 Å². The van der Waals surface area contributed by atoms with E-state index in [2.05, 4.69) is 21.5 Å². The van der Waals surface area contributed by atoms with Crippen LogP contribution in [0.25, 0.3) is 0 Å². The number of thioether (sulfide) groups is 1. The Labute approximate surface area is 126 Å². The molecule has 0 aliphatic heterocycles. The summed E-state index contributed by atoms with van der Waals surface area (Å²) in [7, 11) is 0. The summed E-state index contributed by atoms with van der Waals surface area (Å²) in [6.07, 6.45) is 7.16. The second kappa shape index (κ2) is 10.7. The fourth-order valence-electron chi connectivity index (χ4n) is 1.81. The van der Waals surface area contributed by atoms with Gasteiger partial charge in [-0.1, -0.05) is 12.8 Å². The van der Waals surface area contributed by atoms with E-state index in [1.807, 2.05) is 18.7 Å². The summed E-state index contributed by atoms with van der Waals surface area (Å²) < 4.78 is 5.30. The Bertz CT molecular complexity index is 376. The highest BCUT2D eigenvalue weighted by atomic mass is 32.2. The van der Waals surface area contributed by atoms with Crippen molar-refractivity contribution in [2.45, 2.75) is 39.2 Å². The van der Waals surface area contributed by atoms with Crippen LogP contribution in [0.3, 0.4) is 0 Å². The van der Waals surface area contributed by atoms with Gasteiger partial charge in [-0.3, -0.25) is 0 Å². The van der Waals surface area contributed by atoms with Crippen LogP contribution < -0.4 is 11.1 Å². The minimum absolute atomic E-state index is 0.408. The summed E-state index contributed by atoms with van der Waals surface area (Å²) in [5.74, 6) is 3.17. The Hall–Kier alpha value is -1.01. The number of aromatic nitrogens is 2. The van der Waals surface area contributed by atoms with Crippen molar-refractivity contribution in [1.82, 2.24) is 9.97 Å². The highest BCUT2D eigenvalue weighted by Crippen LogP contribution is 2.10. The van der Waals surface area contributed by atoms with Crippen LogP contribution in [0.1, 0.15) is 38.4 Å². The van der Waals surface area contributed by atoms with E-state index in [1.54, 1.807) is 6.07 Å². The van der Waals surface area contributed by atoms with Crippen LogP contribution >= 0.6 is 11.8 Å². The zero-order valence-electron chi connectivity index (χ0n) is 12.5. The molecule has 0 bridgehead atoms. The smallest absolute Gasteiger partial charge is 0.158 e. The van der Waals surface area contributed by atoms with Crippen molar-refractivity contribution in [1.29, 1.82) is 0 Å². The molecule has 0 saturated carbocycles. The van der Waals surface area contributed by atoms with E-state index in [1.165, 1.54) is 25.0 Å². The molecule has 0 unspecified atom stereocenters. The number of anilines is 2. The highest BCUT2D eigenvalue weighted by molar-refractivity contribution is 7.98. The topological polar surface area (TPSA) is 73.1 Å². The largest absolute Gasteiger partial charge is 0.384 e. The maximum Gasteiger partial charge on any atom is 0.158 e. The fourth-order valence-corrected chi connectivity index (χ4v) is 2.30. The maximum absolute atomic E-state index is 5.77. The van der Waals surface area contributed by atoms with E-state index in [4.69, 9.17) is 10.5 Å². The Morgan fingerprint density at radius 1 is 1.25 bits per heavy atom. The van der Waals surface area contributed by atoms with Crippen LogP contribution in [0, 0.1) is 0 Å². The molecule has 1 rings (SSSR count). The van der Waals surface area contributed by atoms with Crippen LogP contribution in [-0.2, 0) is 11.3 Å². The number of rotatable bonds is 11. The molecule has 1 aromatic rings. The lowest BCUT2D eigenvalue weighted by Gasteiger charge is -2.08. The molecule has 0 atom stereocenters. The third-order valence-corrected chi connectivity index (χ3v) is 3.51. The number of hydrogen-bond acceptors (Lipinski definition) is 6. The SMILES string of the molecule is CCOCc1nc(N)cc(NCCCCCCSC)n1. The second-order valence-electron chi connectivity index (χ2n) is 4.57. The average Bonchev–Trinajstić information content (AvgIpc) is 2.43. The molecular weight excluding hydrogens is 272 g/mol. The molecule has 114 valence electrons. The van der Waals surface area contributed by atoms with Crippen molar-refractivity contribution in [2.24, 2.45) is 0 Å². The van der Waals surface area contributed by atoms with E-state index in [-0.39, 0.29) is 0 Å². The van der Waals surface area contributed by atoms with Gasteiger partial charge in [-0.05, 0) is 31.8 Å². The van der Waals surface area contributed by atoms with Gasteiger partial charge in [0.25, 0.3) is 0 Å². The number of ether oxygens (including phenoxy) is 1. The number of nitrogens with one attached hydrogen (secondary N) is 1. The number of unbranched alkanes of at least 4 members (excludes halogenated alkanes) is 3. The minimum Gasteiger partial charge on any atom is -0.384 e. The van der Waals surface area contributed by atoms with Crippen LogP contribution in [0.5, 0.6) is 0 Å². The van der Waals surface area contributed by atoms with Crippen LogP contribution in [0.15, 0.2) is 6.07 Å². The highest BCUT2D eigenvalue weighted by Gasteiger charge is 2.02. The Morgan fingerprint density at radius 2 is 2.05 bits per heavy atom. The molecule has 0 aliphatic carbocycles. The van der Waals surface area contributed by atoms with Crippen LogP contribution in [0.4, 0.5) is 11.6 Å². The molecular formula is C14H26N4OS. The summed E-state index contributed by atoms with van der Waals surface area (Å²) >= 11 is 1.91. The molecule has 1 heterocycles. The Balaban J connectivity index is 2.26. The molecule has 0 spiro atoms. The van der Waals surface area contributed by atoms with E-state index < -0.39 is 0 Å². The van der Waals surface area contributed by atoms with Crippen molar-refractivity contribution in [2.75, 3.05) is 36.2 Å². The quantitative estimate of drug-likeness (QED) is 0.612. The third-order valence-electron chi connectivity index (χ3n) is 2.81. The fraction of sp³-hybridized carbons (Fsp3) is 0.714. The van der Waals surface area contributed by atoms with Crippen molar-refractivity contribution < 1.29 is 4.74 Å². The first-order valence-corrected chi connectivity index (χ1v) is 8.59. The lowest BCUT2D eigenvalue weighted by molar-refractivity contribution is 0.128. The predicted octanol–water partition coefficient (Wildman–Crippen LogP) is 2.93. The molecule has 0 saturated heterocycles. The third kappa shape index (κ3) is 7.55. The van der Waals surface area contributed by atoms with Crippen LogP contribution in [0.2, 0.25) is 0 Å². The molecule has 3 N–H and O–H groups in total. The number of nitrogens with zero attached hydrogens (tertiary/aromatic N) is 2. The van der Waals surface area contributed by atoms with Gasteiger partial charge >= 0.3 is 0 Å². The Morgan fingerprint density at radius 3 is 2.80 bits per heavy atom. The lowest BCUT2D eigenvalue weighted by Crippen LogP contribution is -2.08. The molecule has 0 radical (unpaired) electrons. The standard InChI is InChI=1S/C14H26N4OS/c1-3-19-11-14-17-12(15)10-13(18-14)16-8-6-4-5-7-9-20-2/h10H,3-9,11H2,1-2H3,(H3,15,16,17,18). The molecule has 6 heteroatoms. The molecule has 0 fully saturated rings. The summed E-state index contributed by atoms with van der Waals surface area (Å²) in [6, 6.07) is 1.77. The van der Waals surface area contributed by atoms with Gasteiger partial charge in [0.2, 0.25) is 0 Å². The first kappa shape index (κ1) is 17.0. The van der Waals surface area contributed by atoms with E-state index >= 15 is 0 Å². The molecule has 5 nitrogen and oxygen atoms in total. The van der Waals surface area contributed by atoms with Gasteiger partial charge in [-0.15, -0.1) is 0 Å². The molecule has 0 amide bonds. The molecule has 0 aromatic carbocycles. The van der Waals surface area contributed by atoms with E-state index in [0.29, 0.717) is 24.9 Å². The molecule has 20 heavy (non-hydrogen) atoms. The Kier molecular flexibility index (Phi) is 9.15. The lowest BCUT2D eigenvalue weighted by atomic mass is 10.2. The number of hydrogen-bond donors (Lipinski definition) is 2. The van der Waals surface area contributed by atoms with Crippen molar-refractivity contribution >= 4 is 23.4 Å². The van der Waals surface area contributed by atoms with Gasteiger partial charge in [0, 0.05) is 19.2 Å². The van der Waals surface area contributed by atoms with Gasteiger partial charge < -0.3 is 15.8 Å². The monoisotopic (exact) mass is 298 g/mol. The number of nitrogen functional groups attached to an aromatic ring is 1. The van der Waals surface area contributed by atoms with E-state index in [9.17, 15) is 0 Å². The summed E-state index contributed by atoms with van der Waals surface area (Å²) in [4.78, 5) is 8.54. The van der Waals surface area contributed by atoms with Gasteiger partial charge in [0.05, 0.1) is 0 Å². The normalized spacial score (nSPS) is 10.7. The van der Waals surface area contributed by atoms with Gasteiger partial charge in [0.15, 0.2) is 5.82 Å². The first-order valence-electron chi connectivity index (χ1n) is 7.20. The number of nitrogens with two attached hydrogens (primary N) is 1. The summed E-state index contributed by atoms with van der Waals surface area (Å²) in [6.45, 7) is 3.92. The van der Waals surface area contributed by atoms with Gasteiger partial charge in [-0.2, -0.15) is 11.8 Å². The first-order chi connectivity index (χ1) is 9.76.